The van der Waals surface area contributed by atoms with Gasteiger partial charge in [-0.1, -0.05) is 11.6 Å². The van der Waals surface area contributed by atoms with Crippen LogP contribution in [-0.2, 0) is 6.18 Å². The molecule has 0 fully saturated rings. The molecule has 0 aliphatic heterocycles. The van der Waals surface area contributed by atoms with E-state index in [4.69, 9.17) is 10.5 Å². The van der Waals surface area contributed by atoms with Gasteiger partial charge in [-0.05, 0) is 36.6 Å². The Morgan fingerprint density at radius 2 is 1.73 bits per heavy atom. The molecule has 0 heterocycles. The molecule has 9 heteroatoms. The van der Waals surface area contributed by atoms with Crippen molar-refractivity contribution < 1.29 is 31.1 Å². The van der Waals surface area contributed by atoms with Crippen molar-refractivity contribution in [1.82, 2.24) is 0 Å². The Labute approximate surface area is 169 Å². The lowest BCUT2D eigenvalue weighted by molar-refractivity contribution is -0.137. The zero-order valence-corrected chi connectivity index (χ0v) is 16.0. The summed E-state index contributed by atoms with van der Waals surface area (Å²) < 4.78 is 84.7. The van der Waals surface area contributed by atoms with Gasteiger partial charge in [0, 0.05) is 36.3 Å². The number of hydrogen-bond donors (Lipinski definition) is 2. The zero-order chi connectivity index (χ0) is 22.1. The van der Waals surface area contributed by atoms with E-state index in [1.165, 1.54) is 13.2 Å². The van der Waals surface area contributed by atoms with Gasteiger partial charge in [-0.2, -0.15) is 13.2 Å². The van der Waals surface area contributed by atoms with Crippen LogP contribution in [0.15, 0.2) is 42.0 Å². The van der Waals surface area contributed by atoms with Crippen LogP contribution in [0.1, 0.15) is 29.9 Å². The Morgan fingerprint density at radius 1 is 1.03 bits per heavy atom. The Balaban J connectivity index is 1.72. The van der Waals surface area contributed by atoms with E-state index in [0.717, 1.165) is 23.8 Å². The SMILES string of the molecule is COc1cc(NCC2=CCC(c3cc(F)c(F)cc3F)C(N)C2)cc(C(F)(F)F)c1. The lowest BCUT2D eigenvalue weighted by Crippen LogP contribution is -2.33. The van der Waals surface area contributed by atoms with Crippen molar-refractivity contribution in [3.8, 4) is 5.75 Å². The molecule has 3 nitrogen and oxygen atoms in total. The minimum absolute atomic E-state index is 0.00674. The summed E-state index contributed by atoms with van der Waals surface area (Å²) in [6.07, 6.45) is -2.11. The largest absolute Gasteiger partial charge is 0.497 e. The van der Waals surface area contributed by atoms with Crippen molar-refractivity contribution in [2.75, 3.05) is 19.0 Å². The summed E-state index contributed by atoms with van der Waals surface area (Å²) in [6.45, 7) is 0.227. The van der Waals surface area contributed by atoms with Crippen LogP contribution in [-0.4, -0.2) is 19.7 Å². The van der Waals surface area contributed by atoms with Crippen LogP contribution in [0.5, 0.6) is 5.75 Å². The highest BCUT2D eigenvalue weighted by atomic mass is 19.4. The van der Waals surface area contributed by atoms with Crippen LogP contribution in [0.2, 0.25) is 0 Å². The quantitative estimate of drug-likeness (QED) is 0.381. The molecule has 162 valence electrons. The molecule has 0 amide bonds. The molecule has 1 aliphatic rings. The number of nitrogens with one attached hydrogen (secondary N) is 1. The molecule has 0 radical (unpaired) electrons. The van der Waals surface area contributed by atoms with Gasteiger partial charge in [0.1, 0.15) is 11.6 Å². The first kappa shape index (κ1) is 22.0. The lowest BCUT2D eigenvalue weighted by Gasteiger charge is -2.29. The van der Waals surface area contributed by atoms with E-state index >= 15 is 0 Å². The first-order valence-electron chi connectivity index (χ1n) is 9.16. The molecule has 1 aliphatic carbocycles. The third kappa shape index (κ3) is 4.89. The second-order valence-corrected chi connectivity index (χ2v) is 7.16. The van der Waals surface area contributed by atoms with E-state index in [-0.39, 0.29) is 23.5 Å². The number of benzene rings is 2. The molecule has 2 atom stereocenters. The van der Waals surface area contributed by atoms with Crippen molar-refractivity contribution in [3.05, 3.63) is 70.6 Å². The highest BCUT2D eigenvalue weighted by Crippen LogP contribution is 2.36. The van der Waals surface area contributed by atoms with Crippen LogP contribution < -0.4 is 15.8 Å². The van der Waals surface area contributed by atoms with E-state index in [9.17, 15) is 26.3 Å². The Bertz CT molecular complexity index is 957. The maximum atomic E-state index is 14.1. The summed E-state index contributed by atoms with van der Waals surface area (Å²) in [6, 6.07) is 4.09. The molecular formula is C21H20F6N2O. The fraction of sp³-hybridized carbons (Fsp3) is 0.333. The van der Waals surface area contributed by atoms with Gasteiger partial charge in [-0.25, -0.2) is 13.2 Å². The van der Waals surface area contributed by atoms with E-state index in [2.05, 4.69) is 5.32 Å². The van der Waals surface area contributed by atoms with Crippen molar-refractivity contribution >= 4 is 5.69 Å². The topological polar surface area (TPSA) is 47.3 Å². The third-order valence-corrected chi connectivity index (χ3v) is 5.10. The minimum Gasteiger partial charge on any atom is -0.497 e. The molecule has 2 aromatic carbocycles. The first-order valence-corrected chi connectivity index (χ1v) is 9.16. The summed E-state index contributed by atoms with van der Waals surface area (Å²) in [5.41, 5.74) is 6.34. The predicted octanol–water partition coefficient (Wildman–Crippen LogP) is 5.37. The van der Waals surface area contributed by atoms with Crippen LogP contribution >= 0.6 is 0 Å². The number of nitrogens with two attached hydrogens (primary N) is 1. The van der Waals surface area contributed by atoms with Crippen molar-refractivity contribution in [1.29, 1.82) is 0 Å². The summed E-state index contributed by atoms with van der Waals surface area (Å²) in [7, 11) is 1.28. The van der Waals surface area contributed by atoms with Crippen LogP contribution in [0.4, 0.5) is 32.0 Å². The molecule has 30 heavy (non-hydrogen) atoms. The summed E-state index contributed by atoms with van der Waals surface area (Å²) in [5, 5.41) is 2.92. The molecule has 3 rings (SSSR count). The molecule has 0 aromatic heterocycles. The van der Waals surface area contributed by atoms with Gasteiger partial charge in [0.2, 0.25) is 0 Å². The van der Waals surface area contributed by atoms with E-state index < -0.39 is 41.2 Å². The number of ether oxygens (including phenoxy) is 1. The second kappa shape index (κ2) is 8.59. The maximum absolute atomic E-state index is 14.1. The van der Waals surface area contributed by atoms with Crippen LogP contribution in [0.25, 0.3) is 0 Å². The summed E-state index contributed by atoms with van der Waals surface area (Å²) in [4.78, 5) is 0. The van der Waals surface area contributed by atoms with Crippen molar-refractivity contribution in [3.63, 3.8) is 0 Å². The van der Waals surface area contributed by atoms with E-state index in [1.54, 1.807) is 6.08 Å². The molecule has 0 saturated heterocycles. The molecule has 2 aromatic rings. The second-order valence-electron chi connectivity index (χ2n) is 7.16. The van der Waals surface area contributed by atoms with Gasteiger partial charge < -0.3 is 15.8 Å². The zero-order valence-electron chi connectivity index (χ0n) is 16.0. The number of methoxy groups -OCH3 is 1. The number of halogens is 6. The van der Waals surface area contributed by atoms with Crippen molar-refractivity contribution in [2.45, 2.75) is 31.0 Å². The molecular weight excluding hydrogens is 410 g/mol. The smallest absolute Gasteiger partial charge is 0.416 e. The number of allylic oxidation sites excluding steroid dienone is 1. The standard InChI is InChI=1S/C21H20F6N2O/c1-30-14-6-12(21(25,26)27)5-13(7-14)29-10-11-2-3-15(20(28)4-11)16-8-18(23)19(24)9-17(16)22/h2,5-9,15,20,29H,3-4,10,28H2,1H3. The minimum atomic E-state index is -4.51. The number of anilines is 1. The van der Waals surface area contributed by atoms with E-state index in [1.807, 2.05) is 0 Å². The van der Waals surface area contributed by atoms with Gasteiger partial charge in [-0.3, -0.25) is 0 Å². The maximum Gasteiger partial charge on any atom is 0.416 e. The summed E-state index contributed by atoms with van der Waals surface area (Å²) >= 11 is 0. The fourth-order valence-electron chi connectivity index (χ4n) is 3.52. The predicted molar refractivity (Wildman–Crippen MR) is 101 cm³/mol. The van der Waals surface area contributed by atoms with Crippen LogP contribution in [0.3, 0.4) is 0 Å². The number of alkyl halides is 3. The van der Waals surface area contributed by atoms with Gasteiger partial charge in [0.05, 0.1) is 12.7 Å². The average Bonchev–Trinajstić information content (AvgIpc) is 2.68. The number of rotatable bonds is 5. The van der Waals surface area contributed by atoms with Gasteiger partial charge in [0.25, 0.3) is 0 Å². The highest BCUT2D eigenvalue weighted by molar-refractivity contribution is 5.53. The molecule has 3 N–H and O–H groups in total. The van der Waals surface area contributed by atoms with Crippen LogP contribution in [0, 0.1) is 17.5 Å². The monoisotopic (exact) mass is 430 g/mol. The fourth-order valence-corrected chi connectivity index (χ4v) is 3.52. The average molecular weight is 430 g/mol. The first-order chi connectivity index (χ1) is 14.1. The van der Waals surface area contributed by atoms with Gasteiger partial charge in [-0.15, -0.1) is 0 Å². The Hall–Kier alpha value is -2.68. The molecule has 2 unspecified atom stereocenters. The van der Waals surface area contributed by atoms with Crippen molar-refractivity contribution in [2.24, 2.45) is 5.73 Å². The Kier molecular flexibility index (Phi) is 6.30. The Morgan fingerprint density at radius 3 is 2.37 bits per heavy atom. The van der Waals surface area contributed by atoms with E-state index in [0.29, 0.717) is 18.9 Å². The van der Waals surface area contributed by atoms with Gasteiger partial charge >= 0.3 is 6.18 Å². The molecule has 0 spiro atoms. The summed E-state index contributed by atoms with van der Waals surface area (Å²) in [5.74, 6) is -3.74. The highest BCUT2D eigenvalue weighted by Gasteiger charge is 2.32. The lowest BCUT2D eigenvalue weighted by atomic mass is 9.80. The third-order valence-electron chi connectivity index (χ3n) is 5.10. The van der Waals surface area contributed by atoms with Gasteiger partial charge in [0.15, 0.2) is 11.6 Å². The number of hydrogen-bond acceptors (Lipinski definition) is 3. The molecule has 0 saturated carbocycles. The normalized spacial score (nSPS) is 19.4. The molecule has 0 bridgehead atoms.